The van der Waals surface area contributed by atoms with Gasteiger partial charge in [-0.1, -0.05) is 11.6 Å². The quantitative estimate of drug-likeness (QED) is 0.630. The minimum absolute atomic E-state index is 0.0124. The molecule has 106 valence electrons. The van der Waals surface area contributed by atoms with Gasteiger partial charge in [0.05, 0.1) is 29.3 Å². The molecule has 1 heterocycles. The molecule has 0 unspecified atom stereocenters. The number of rotatable bonds is 4. The van der Waals surface area contributed by atoms with E-state index >= 15 is 0 Å². The van der Waals surface area contributed by atoms with Crippen molar-refractivity contribution in [1.29, 1.82) is 0 Å². The molecule has 20 heavy (non-hydrogen) atoms. The summed E-state index contributed by atoms with van der Waals surface area (Å²) in [6.07, 6.45) is -0.127. The Kier molecular flexibility index (Phi) is 4.04. The molecule has 1 aliphatic rings. The van der Waals surface area contributed by atoms with Gasteiger partial charge >= 0.3 is 5.97 Å². The normalized spacial score (nSPS) is 13.7. The van der Waals surface area contributed by atoms with Crippen LogP contribution < -0.4 is 4.90 Å². The summed E-state index contributed by atoms with van der Waals surface area (Å²) >= 11 is 5.82. The van der Waals surface area contributed by atoms with Crippen LogP contribution in [0.2, 0.25) is 5.02 Å². The van der Waals surface area contributed by atoms with Crippen LogP contribution >= 0.6 is 11.6 Å². The number of Topliss-reactive ketones (excluding diaryl/α,β-unsaturated/α-hetero) is 1. The number of esters is 1. The van der Waals surface area contributed by atoms with Gasteiger partial charge in [-0.2, -0.15) is 0 Å². The van der Waals surface area contributed by atoms with Crippen molar-refractivity contribution in [2.45, 2.75) is 13.3 Å². The fourth-order valence-corrected chi connectivity index (χ4v) is 2.24. The summed E-state index contributed by atoms with van der Waals surface area (Å²) in [6, 6.07) is 2.29. The number of carbonyl (C=O) groups excluding carboxylic acids is 3. The standard InChI is InChI=1S/C13H11ClFNO4/c1-2-20-9(17)5-6-16-11-8(15)4-3-7(14)10(11)12(18)13(16)19/h3-4H,2,5-6H2,1H3. The molecule has 1 amide bonds. The molecule has 5 nitrogen and oxygen atoms in total. The van der Waals surface area contributed by atoms with E-state index in [-0.39, 0.29) is 35.8 Å². The van der Waals surface area contributed by atoms with Crippen molar-refractivity contribution >= 4 is 34.9 Å². The van der Waals surface area contributed by atoms with Crippen LogP contribution in [-0.4, -0.2) is 30.8 Å². The van der Waals surface area contributed by atoms with E-state index in [9.17, 15) is 18.8 Å². The Bertz CT molecular complexity index is 602. The van der Waals surface area contributed by atoms with Crippen LogP contribution in [0.25, 0.3) is 0 Å². The second-order valence-corrected chi connectivity index (χ2v) is 4.50. The molecule has 1 aliphatic heterocycles. The van der Waals surface area contributed by atoms with Gasteiger partial charge in [-0.3, -0.25) is 14.4 Å². The molecule has 0 aliphatic carbocycles. The first kappa shape index (κ1) is 14.5. The number of carbonyl (C=O) groups is 3. The van der Waals surface area contributed by atoms with Gasteiger partial charge in [0.25, 0.3) is 11.7 Å². The Morgan fingerprint density at radius 3 is 2.75 bits per heavy atom. The molecule has 0 spiro atoms. The van der Waals surface area contributed by atoms with E-state index in [1.807, 2.05) is 0 Å². The van der Waals surface area contributed by atoms with Crippen molar-refractivity contribution < 1.29 is 23.5 Å². The van der Waals surface area contributed by atoms with E-state index < -0.39 is 23.5 Å². The van der Waals surface area contributed by atoms with Gasteiger partial charge in [0.1, 0.15) is 5.82 Å². The molecule has 2 rings (SSSR count). The molecule has 0 saturated carbocycles. The fourth-order valence-electron chi connectivity index (χ4n) is 2.00. The van der Waals surface area contributed by atoms with Crippen molar-refractivity contribution in [3.63, 3.8) is 0 Å². The smallest absolute Gasteiger partial charge is 0.307 e. The lowest BCUT2D eigenvalue weighted by Gasteiger charge is -2.16. The number of ether oxygens (including phenoxy) is 1. The first-order chi connectivity index (χ1) is 9.47. The zero-order valence-electron chi connectivity index (χ0n) is 10.6. The summed E-state index contributed by atoms with van der Waals surface area (Å²) in [5.74, 6) is -3.01. The summed E-state index contributed by atoms with van der Waals surface area (Å²) in [7, 11) is 0. The van der Waals surface area contributed by atoms with Crippen LogP contribution in [0.15, 0.2) is 12.1 Å². The highest BCUT2D eigenvalue weighted by Gasteiger charge is 2.39. The second-order valence-electron chi connectivity index (χ2n) is 4.09. The van der Waals surface area contributed by atoms with Gasteiger partial charge in [0.2, 0.25) is 0 Å². The molecular weight excluding hydrogens is 289 g/mol. The lowest BCUT2D eigenvalue weighted by atomic mass is 10.1. The van der Waals surface area contributed by atoms with Gasteiger partial charge in [-0.15, -0.1) is 0 Å². The van der Waals surface area contributed by atoms with Crippen molar-refractivity contribution in [3.8, 4) is 0 Å². The molecule has 0 fully saturated rings. The van der Waals surface area contributed by atoms with Crippen LogP contribution in [-0.2, 0) is 14.3 Å². The molecule has 0 radical (unpaired) electrons. The molecule has 0 aromatic heterocycles. The molecule has 0 N–H and O–H groups in total. The van der Waals surface area contributed by atoms with E-state index in [0.717, 1.165) is 11.0 Å². The summed E-state index contributed by atoms with van der Waals surface area (Å²) in [5.41, 5.74) is -0.322. The third-order valence-corrected chi connectivity index (χ3v) is 3.17. The summed E-state index contributed by atoms with van der Waals surface area (Å²) < 4.78 is 18.5. The number of benzene rings is 1. The number of hydrogen-bond acceptors (Lipinski definition) is 4. The van der Waals surface area contributed by atoms with Crippen molar-refractivity contribution in [1.82, 2.24) is 0 Å². The minimum Gasteiger partial charge on any atom is -0.466 e. The van der Waals surface area contributed by atoms with Gasteiger partial charge in [-0.25, -0.2) is 4.39 Å². The topological polar surface area (TPSA) is 63.7 Å². The zero-order valence-corrected chi connectivity index (χ0v) is 11.4. The van der Waals surface area contributed by atoms with E-state index in [4.69, 9.17) is 16.3 Å². The highest BCUT2D eigenvalue weighted by molar-refractivity contribution is 6.55. The van der Waals surface area contributed by atoms with Crippen LogP contribution in [0.3, 0.4) is 0 Å². The van der Waals surface area contributed by atoms with Crippen LogP contribution in [0.4, 0.5) is 10.1 Å². The number of halogens is 2. The molecule has 1 aromatic carbocycles. The van der Waals surface area contributed by atoms with Gasteiger partial charge in [0.15, 0.2) is 0 Å². The number of amides is 1. The maximum Gasteiger partial charge on any atom is 0.307 e. The fraction of sp³-hybridized carbons (Fsp3) is 0.308. The summed E-state index contributed by atoms with van der Waals surface area (Å²) in [6.45, 7) is 1.73. The number of anilines is 1. The lowest BCUT2D eigenvalue weighted by molar-refractivity contribution is -0.142. The third kappa shape index (κ3) is 2.38. The summed E-state index contributed by atoms with van der Waals surface area (Å²) in [5, 5.41) is 0.0124. The summed E-state index contributed by atoms with van der Waals surface area (Å²) in [4.78, 5) is 35.8. The van der Waals surface area contributed by atoms with Crippen molar-refractivity contribution in [3.05, 3.63) is 28.5 Å². The zero-order chi connectivity index (χ0) is 14.9. The van der Waals surface area contributed by atoms with E-state index in [0.29, 0.717) is 0 Å². The van der Waals surface area contributed by atoms with Crippen LogP contribution in [0, 0.1) is 5.82 Å². The third-order valence-electron chi connectivity index (χ3n) is 2.86. The number of ketones is 1. The maximum absolute atomic E-state index is 13.8. The Morgan fingerprint density at radius 1 is 1.40 bits per heavy atom. The largest absolute Gasteiger partial charge is 0.466 e. The Morgan fingerprint density at radius 2 is 2.10 bits per heavy atom. The number of fused-ring (bicyclic) bond motifs is 1. The lowest BCUT2D eigenvalue weighted by Crippen LogP contribution is -2.32. The molecule has 0 saturated heterocycles. The van der Waals surface area contributed by atoms with Crippen molar-refractivity contribution in [2.75, 3.05) is 18.1 Å². The first-order valence-electron chi connectivity index (χ1n) is 5.97. The average molecular weight is 300 g/mol. The SMILES string of the molecule is CCOC(=O)CCN1C(=O)C(=O)c2c(Cl)ccc(F)c21. The van der Waals surface area contributed by atoms with Crippen LogP contribution in [0.5, 0.6) is 0 Å². The van der Waals surface area contributed by atoms with E-state index in [2.05, 4.69) is 0 Å². The Hall–Kier alpha value is -1.95. The minimum atomic E-state index is -0.892. The average Bonchev–Trinajstić information content (AvgIpc) is 2.66. The van der Waals surface area contributed by atoms with Gasteiger partial charge in [0, 0.05) is 6.54 Å². The number of hydrogen-bond donors (Lipinski definition) is 0. The Balaban J connectivity index is 2.29. The molecule has 7 heteroatoms. The maximum atomic E-state index is 13.8. The monoisotopic (exact) mass is 299 g/mol. The van der Waals surface area contributed by atoms with E-state index in [1.165, 1.54) is 6.07 Å². The van der Waals surface area contributed by atoms with E-state index in [1.54, 1.807) is 6.92 Å². The molecular formula is C13H11ClFNO4. The molecule has 1 aromatic rings. The molecule has 0 bridgehead atoms. The number of nitrogens with zero attached hydrogens (tertiary/aromatic N) is 1. The Labute approximate surface area is 119 Å². The predicted octanol–water partition coefficient (Wildman–Crippen LogP) is 1.96. The second kappa shape index (κ2) is 5.58. The van der Waals surface area contributed by atoms with Crippen LogP contribution in [0.1, 0.15) is 23.7 Å². The first-order valence-corrected chi connectivity index (χ1v) is 6.35. The van der Waals surface area contributed by atoms with Crippen molar-refractivity contribution in [2.24, 2.45) is 0 Å². The van der Waals surface area contributed by atoms with Gasteiger partial charge < -0.3 is 9.64 Å². The van der Waals surface area contributed by atoms with Gasteiger partial charge in [-0.05, 0) is 19.1 Å². The highest BCUT2D eigenvalue weighted by atomic mass is 35.5. The predicted molar refractivity (Wildman–Crippen MR) is 69.3 cm³/mol. The highest BCUT2D eigenvalue weighted by Crippen LogP contribution is 2.36. The molecule has 0 atom stereocenters.